The molecule has 2 rings (SSSR count). The summed E-state index contributed by atoms with van der Waals surface area (Å²) in [6.07, 6.45) is -0.148. The van der Waals surface area contributed by atoms with Crippen LogP contribution in [0.5, 0.6) is 0 Å². The largest absolute Gasteiger partial charge is 0.481 e. The number of rotatable bonds is 6. The predicted molar refractivity (Wildman–Crippen MR) is 73.0 cm³/mol. The number of sulfonamides is 1. The van der Waals surface area contributed by atoms with Crippen LogP contribution >= 0.6 is 0 Å². The van der Waals surface area contributed by atoms with Crippen LogP contribution in [0.15, 0.2) is 39.8 Å². The Morgan fingerprint density at radius 3 is 2.52 bits per heavy atom. The minimum atomic E-state index is -3.68. The minimum absolute atomic E-state index is 0.0000503. The smallest absolute Gasteiger partial charge is 0.307 e. The molecule has 0 unspecified atom stereocenters. The molecule has 21 heavy (non-hydrogen) atoms. The van der Waals surface area contributed by atoms with Crippen LogP contribution in [-0.4, -0.2) is 24.7 Å². The highest BCUT2D eigenvalue weighted by molar-refractivity contribution is 7.89. The molecule has 8 heteroatoms. The van der Waals surface area contributed by atoms with Crippen molar-refractivity contribution in [2.75, 3.05) is 0 Å². The highest BCUT2D eigenvalue weighted by Gasteiger charge is 2.15. The Hall–Kier alpha value is -2.19. The van der Waals surface area contributed by atoms with E-state index < -0.39 is 16.0 Å². The number of hydrogen-bond donors (Lipinski definition) is 2. The number of nitrogens with zero attached hydrogens (tertiary/aromatic N) is 1. The first-order valence-corrected chi connectivity index (χ1v) is 7.58. The summed E-state index contributed by atoms with van der Waals surface area (Å²) in [5.41, 5.74) is 1.20. The summed E-state index contributed by atoms with van der Waals surface area (Å²) in [5.74, 6) is -0.553. The number of aromatic nitrogens is 1. The molecule has 0 bridgehead atoms. The first kappa shape index (κ1) is 15.2. The van der Waals surface area contributed by atoms with Gasteiger partial charge in [-0.2, -0.15) is 0 Å². The van der Waals surface area contributed by atoms with Gasteiger partial charge in [0.2, 0.25) is 10.0 Å². The Kier molecular flexibility index (Phi) is 4.39. The molecule has 0 aliphatic heterocycles. The fourth-order valence-corrected chi connectivity index (χ4v) is 2.70. The Balaban J connectivity index is 2.06. The number of nitrogens with one attached hydrogen (secondary N) is 1. The van der Waals surface area contributed by atoms with Gasteiger partial charge in [0.15, 0.2) is 5.76 Å². The van der Waals surface area contributed by atoms with Gasteiger partial charge in [-0.3, -0.25) is 4.79 Å². The molecule has 0 atom stereocenters. The van der Waals surface area contributed by atoms with E-state index in [0.29, 0.717) is 17.0 Å². The van der Waals surface area contributed by atoms with E-state index in [-0.39, 0.29) is 17.9 Å². The summed E-state index contributed by atoms with van der Waals surface area (Å²) in [5, 5.41) is 12.3. The van der Waals surface area contributed by atoms with Gasteiger partial charge in [0.1, 0.15) is 0 Å². The van der Waals surface area contributed by atoms with Gasteiger partial charge in [0.25, 0.3) is 0 Å². The number of carboxylic acids is 1. The molecule has 0 saturated heterocycles. The van der Waals surface area contributed by atoms with Gasteiger partial charge in [0, 0.05) is 6.07 Å². The zero-order valence-electron chi connectivity index (χ0n) is 11.2. The number of aryl methyl sites for hydroxylation is 1. The average Bonchev–Trinajstić information content (AvgIpc) is 2.82. The molecular formula is C13H14N2O5S. The molecular weight excluding hydrogens is 296 g/mol. The van der Waals surface area contributed by atoms with Crippen molar-refractivity contribution in [3.8, 4) is 0 Å². The standard InChI is InChI=1S/C13H14N2O5S/c1-9-6-11(20-15-9)8-14-21(18,19)12-4-2-10(3-5-12)7-13(16)17/h2-6,14H,7-8H2,1H3,(H,16,17). The van der Waals surface area contributed by atoms with E-state index in [9.17, 15) is 13.2 Å². The van der Waals surface area contributed by atoms with Gasteiger partial charge in [-0.15, -0.1) is 0 Å². The molecule has 0 amide bonds. The van der Waals surface area contributed by atoms with Crippen LogP contribution in [0.3, 0.4) is 0 Å². The molecule has 2 aromatic rings. The number of benzene rings is 1. The number of carbonyl (C=O) groups is 1. The van der Waals surface area contributed by atoms with Gasteiger partial charge < -0.3 is 9.63 Å². The predicted octanol–water partition coefficient (Wildman–Crippen LogP) is 1.09. The zero-order chi connectivity index (χ0) is 15.5. The van der Waals surface area contributed by atoms with Crippen LogP contribution in [0.25, 0.3) is 0 Å². The van der Waals surface area contributed by atoms with E-state index in [4.69, 9.17) is 9.63 Å². The topological polar surface area (TPSA) is 110 Å². The Labute approximate surface area is 121 Å². The van der Waals surface area contributed by atoms with Gasteiger partial charge in [-0.05, 0) is 24.6 Å². The normalized spacial score (nSPS) is 11.5. The van der Waals surface area contributed by atoms with Crippen LogP contribution in [0.4, 0.5) is 0 Å². The van der Waals surface area contributed by atoms with Crippen molar-refractivity contribution in [3.63, 3.8) is 0 Å². The second-order valence-electron chi connectivity index (χ2n) is 4.47. The highest BCUT2D eigenvalue weighted by atomic mass is 32.2. The third-order valence-electron chi connectivity index (χ3n) is 2.70. The Morgan fingerprint density at radius 1 is 1.33 bits per heavy atom. The molecule has 0 fully saturated rings. The van der Waals surface area contributed by atoms with Crippen molar-refractivity contribution >= 4 is 16.0 Å². The maximum absolute atomic E-state index is 12.1. The lowest BCUT2D eigenvalue weighted by Gasteiger charge is -2.05. The van der Waals surface area contributed by atoms with E-state index in [1.54, 1.807) is 13.0 Å². The summed E-state index contributed by atoms with van der Waals surface area (Å²) in [6, 6.07) is 7.32. The summed E-state index contributed by atoms with van der Waals surface area (Å²) < 4.78 is 31.4. The fraction of sp³-hybridized carbons (Fsp3) is 0.231. The SMILES string of the molecule is Cc1cc(CNS(=O)(=O)c2ccc(CC(=O)O)cc2)on1. The second kappa shape index (κ2) is 6.06. The van der Waals surface area contributed by atoms with Crippen LogP contribution < -0.4 is 4.72 Å². The molecule has 1 aromatic carbocycles. The van der Waals surface area contributed by atoms with Crippen molar-refractivity contribution in [1.29, 1.82) is 0 Å². The molecule has 0 spiro atoms. The van der Waals surface area contributed by atoms with Gasteiger partial charge in [-0.1, -0.05) is 17.3 Å². The first-order valence-electron chi connectivity index (χ1n) is 6.09. The summed E-state index contributed by atoms with van der Waals surface area (Å²) >= 11 is 0. The van der Waals surface area contributed by atoms with Crippen molar-refractivity contribution in [2.24, 2.45) is 0 Å². The lowest BCUT2D eigenvalue weighted by molar-refractivity contribution is -0.136. The maximum atomic E-state index is 12.1. The van der Waals surface area contributed by atoms with Gasteiger partial charge in [0.05, 0.1) is 23.6 Å². The summed E-state index contributed by atoms with van der Waals surface area (Å²) in [7, 11) is -3.68. The number of aliphatic carboxylic acids is 1. The third kappa shape index (κ3) is 4.14. The van der Waals surface area contributed by atoms with Crippen LogP contribution in [0.1, 0.15) is 17.0 Å². The van der Waals surface area contributed by atoms with Crippen molar-refractivity contribution in [3.05, 3.63) is 47.3 Å². The van der Waals surface area contributed by atoms with Crippen molar-refractivity contribution < 1.29 is 22.8 Å². The lowest BCUT2D eigenvalue weighted by Crippen LogP contribution is -2.23. The van der Waals surface area contributed by atoms with Crippen LogP contribution in [0, 0.1) is 6.92 Å². The molecule has 0 radical (unpaired) electrons. The fourth-order valence-electron chi connectivity index (χ4n) is 1.71. The first-order chi connectivity index (χ1) is 9.87. The van der Waals surface area contributed by atoms with Crippen LogP contribution in [0.2, 0.25) is 0 Å². The monoisotopic (exact) mass is 310 g/mol. The van der Waals surface area contributed by atoms with E-state index in [0.717, 1.165) is 0 Å². The average molecular weight is 310 g/mol. The second-order valence-corrected chi connectivity index (χ2v) is 6.24. The Bertz CT molecular complexity index is 734. The molecule has 1 aromatic heterocycles. The van der Waals surface area contributed by atoms with Crippen molar-refractivity contribution in [2.45, 2.75) is 24.8 Å². The summed E-state index contributed by atoms with van der Waals surface area (Å²) in [6.45, 7) is 1.74. The van der Waals surface area contributed by atoms with E-state index in [1.807, 2.05) is 0 Å². The molecule has 0 saturated carbocycles. The molecule has 2 N–H and O–H groups in total. The van der Waals surface area contributed by atoms with Crippen molar-refractivity contribution in [1.82, 2.24) is 9.88 Å². The number of hydrogen-bond acceptors (Lipinski definition) is 5. The maximum Gasteiger partial charge on any atom is 0.307 e. The van der Waals surface area contributed by atoms with E-state index >= 15 is 0 Å². The minimum Gasteiger partial charge on any atom is -0.481 e. The molecule has 1 heterocycles. The molecule has 112 valence electrons. The molecule has 0 aliphatic rings. The summed E-state index contributed by atoms with van der Waals surface area (Å²) in [4.78, 5) is 10.6. The van der Waals surface area contributed by atoms with Gasteiger partial charge in [-0.25, -0.2) is 13.1 Å². The lowest BCUT2D eigenvalue weighted by atomic mass is 10.2. The van der Waals surface area contributed by atoms with Gasteiger partial charge >= 0.3 is 5.97 Å². The zero-order valence-corrected chi connectivity index (χ0v) is 12.1. The number of carboxylic acid groups (broad SMARTS) is 1. The van der Waals surface area contributed by atoms with E-state index in [2.05, 4.69) is 9.88 Å². The third-order valence-corrected chi connectivity index (χ3v) is 4.12. The molecule has 7 nitrogen and oxygen atoms in total. The van der Waals surface area contributed by atoms with E-state index in [1.165, 1.54) is 24.3 Å². The molecule has 0 aliphatic carbocycles. The highest BCUT2D eigenvalue weighted by Crippen LogP contribution is 2.12. The quantitative estimate of drug-likeness (QED) is 0.826. The van der Waals surface area contributed by atoms with Crippen LogP contribution in [-0.2, 0) is 27.8 Å². The Morgan fingerprint density at radius 2 is 2.00 bits per heavy atom.